The average molecular weight is 311 g/mol. The average Bonchev–Trinajstić information content (AvgIpc) is 2.54. The molecule has 0 aliphatic carbocycles. The summed E-state index contributed by atoms with van der Waals surface area (Å²) in [4.78, 5) is 18.9. The highest BCUT2D eigenvalue weighted by atomic mass is 16.1. The standard InChI is InChI=1S/C19H25N3O/c1-3-7-19(23)21-15-8-6-11-22(13-15)18-12-14(2)20-17-10-5-4-9-16(17)18/h4-5,9-10,12,15H,3,6-8,11,13H2,1-2H3,(H,21,23). The van der Waals surface area contributed by atoms with Crippen LogP contribution in [-0.2, 0) is 4.79 Å². The number of nitrogens with one attached hydrogen (secondary N) is 1. The molecule has 1 N–H and O–H groups in total. The predicted octanol–water partition coefficient (Wildman–Crippen LogP) is 3.43. The number of nitrogens with zero attached hydrogens (tertiary/aromatic N) is 2. The van der Waals surface area contributed by atoms with Gasteiger partial charge in [0.1, 0.15) is 0 Å². The molecule has 3 rings (SSSR count). The number of carbonyl (C=O) groups is 1. The Bertz CT molecular complexity index is 698. The summed E-state index contributed by atoms with van der Waals surface area (Å²) in [6.07, 6.45) is 3.69. The summed E-state index contributed by atoms with van der Waals surface area (Å²) >= 11 is 0. The lowest BCUT2D eigenvalue weighted by molar-refractivity contribution is -0.121. The lowest BCUT2D eigenvalue weighted by atomic mass is 10.0. The third-order valence-corrected chi connectivity index (χ3v) is 4.43. The third kappa shape index (κ3) is 3.63. The van der Waals surface area contributed by atoms with Crippen LogP contribution in [0.4, 0.5) is 5.69 Å². The number of rotatable bonds is 4. The monoisotopic (exact) mass is 311 g/mol. The van der Waals surface area contributed by atoms with Crippen LogP contribution in [0.5, 0.6) is 0 Å². The van der Waals surface area contributed by atoms with Crippen molar-refractivity contribution in [2.45, 2.75) is 45.6 Å². The Labute approximate surface area is 137 Å². The van der Waals surface area contributed by atoms with Gasteiger partial charge in [0.15, 0.2) is 0 Å². The van der Waals surface area contributed by atoms with Crippen LogP contribution in [0.15, 0.2) is 30.3 Å². The van der Waals surface area contributed by atoms with E-state index in [4.69, 9.17) is 0 Å². The van der Waals surface area contributed by atoms with Crippen LogP contribution in [0, 0.1) is 6.92 Å². The molecule has 1 aromatic carbocycles. The first-order valence-corrected chi connectivity index (χ1v) is 8.58. The number of aromatic nitrogens is 1. The van der Waals surface area contributed by atoms with Crippen LogP contribution in [0.1, 0.15) is 38.3 Å². The topological polar surface area (TPSA) is 45.2 Å². The van der Waals surface area contributed by atoms with Gasteiger partial charge in [0.2, 0.25) is 5.91 Å². The van der Waals surface area contributed by atoms with E-state index in [1.54, 1.807) is 0 Å². The molecule has 0 saturated carbocycles. The molecular weight excluding hydrogens is 286 g/mol. The number of fused-ring (bicyclic) bond motifs is 1. The maximum Gasteiger partial charge on any atom is 0.220 e. The Morgan fingerprint density at radius 1 is 1.39 bits per heavy atom. The highest BCUT2D eigenvalue weighted by molar-refractivity contribution is 5.92. The summed E-state index contributed by atoms with van der Waals surface area (Å²) in [5.41, 5.74) is 3.32. The molecule has 1 amide bonds. The molecule has 1 fully saturated rings. The molecule has 0 bridgehead atoms. The number of benzene rings is 1. The zero-order chi connectivity index (χ0) is 16.2. The Morgan fingerprint density at radius 2 is 2.22 bits per heavy atom. The van der Waals surface area contributed by atoms with E-state index in [-0.39, 0.29) is 11.9 Å². The first-order chi connectivity index (χ1) is 11.2. The number of carbonyl (C=O) groups excluding carboxylic acids is 1. The maximum atomic E-state index is 11.9. The fourth-order valence-electron chi connectivity index (χ4n) is 3.39. The van der Waals surface area contributed by atoms with Gasteiger partial charge in [-0.25, -0.2) is 0 Å². The maximum absolute atomic E-state index is 11.9. The van der Waals surface area contributed by atoms with Crippen molar-refractivity contribution < 1.29 is 4.79 Å². The van der Waals surface area contributed by atoms with Crippen molar-refractivity contribution in [2.75, 3.05) is 18.0 Å². The molecular formula is C19H25N3O. The van der Waals surface area contributed by atoms with Gasteiger partial charge in [-0.05, 0) is 38.3 Å². The summed E-state index contributed by atoms with van der Waals surface area (Å²) in [6.45, 7) is 6.00. The molecule has 122 valence electrons. The van der Waals surface area contributed by atoms with Gasteiger partial charge in [-0.1, -0.05) is 25.1 Å². The molecule has 1 atom stereocenters. The zero-order valence-electron chi connectivity index (χ0n) is 14.0. The van der Waals surface area contributed by atoms with E-state index in [0.29, 0.717) is 6.42 Å². The van der Waals surface area contributed by atoms with Gasteiger partial charge in [0.05, 0.1) is 5.52 Å². The van der Waals surface area contributed by atoms with E-state index in [0.717, 1.165) is 43.6 Å². The number of aryl methyl sites for hydroxylation is 1. The molecule has 2 heterocycles. The number of para-hydroxylation sites is 1. The van der Waals surface area contributed by atoms with Gasteiger partial charge < -0.3 is 10.2 Å². The number of amides is 1. The molecule has 4 heteroatoms. The highest BCUT2D eigenvalue weighted by Crippen LogP contribution is 2.29. The van der Waals surface area contributed by atoms with E-state index in [1.807, 2.05) is 19.9 Å². The quantitative estimate of drug-likeness (QED) is 0.941. The molecule has 1 aliphatic rings. The van der Waals surface area contributed by atoms with Crippen molar-refractivity contribution in [3.8, 4) is 0 Å². The first-order valence-electron chi connectivity index (χ1n) is 8.58. The number of anilines is 1. The SMILES string of the molecule is CCCC(=O)NC1CCCN(c2cc(C)nc3ccccc23)C1. The van der Waals surface area contributed by atoms with Gasteiger partial charge in [-0.3, -0.25) is 9.78 Å². The summed E-state index contributed by atoms with van der Waals surface area (Å²) in [6, 6.07) is 10.7. The van der Waals surface area contributed by atoms with E-state index in [1.165, 1.54) is 11.1 Å². The largest absolute Gasteiger partial charge is 0.369 e. The van der Waals surface area contributed by atoms with Gasteiger partial charge in [-0.2, -0.15) is 0 Å². The third-order valence-electron chi connectivity index (χ3n) is 4.43. The Morgan fingerprint density at radius 3 is 3.04 bits per heavy atom. The second kappa shape index (κ2) is 6.99. The van der Waals surface area contributed by atoms with Crippen LogP contribution in [0.2, 0.25) is 0 Å². The molecule has 2 aromatic rings. The van der Waals surface area contributed by atoms with Gasteiger partial charge in [0, 0.05) is 42.3 Å². The molecule has 0 radical (unpaired) electrons. The van der Waals surface area contributed by atoms with E-state index < -0.39 is 0 Å². The van der Waals surface area contributed by atoms with Crippen LogP contribution in [0.25, 0.3) is 10.9 Å². The zero-order valence-corrected chi connectivity index (χ0v) is 14.0. The van der Waals surface area contributed by atoms with Crippen molar-refractivity contribution in [1.29, 1.82) is 0 Å². The first kappa shape index (κ1) is 15.8. The normalized spacial score (nSPS) is 18.2. The van der Waals surface area contributed by atoms with Crippen molar-refractivity contribution >= 4 is 22.5 Å². The van der Waals surface area contributed by atoms with E-state index >= 15 is 0 Å². The fourth-order valence-corrected chi connectivity index (χ4v) is 3.39. The number of hydrogen-bond donors (Lipinski definition) is 1. The summed E-state index contributed by atoms with van der Waals surface area (Å²) in [5.74, 6) is 0.176. The summed E-state index contributed by atoms with van der Waals surface area (Å²) < 4.78 is 0. The van der Waals surface area contributed by atoms with Crippen LogP contribution in [0.3, 0.4) is 0 Å². The lowest BCUT2D eigenvalue weighted by Gasteiger charge is -2.35. The van der Waals surface area contributed by atoms with Crippen molar-refractivity contribution in [3.05, 3.63) is 36.0 Å². The van der Waals surface area contributed by atoms with E-state index in [2.05, 4.69) is 39.5 Å². The van der Waals surface area contributed by atoms with Gasteiger partial charge >= 0.3 is 0 Å². The minimum absolute atomic E-state index is 0.176. The lowest BCUT2D eigenvalue weighted by Crippen LogP contribution is -2.47. The van der Waals surface area contributed by atoms with Gasteiger partial charge in [-0.15, -0.1) is 0 Å². The Balaban J connectivity index is 1.82. The van der Waals surface area contributed by atoms with E-state index in [9.17, 15) is 4.79 Å². The molecule has 4 nitrogen and oxygen atoms in total. The predicted molar refractivity (Wildman–Crippen MR) is 94.8 cm³/mol. The summed E-state index contributed by atoms with van der Waals surface area (Å²) in [5, 5.41) is 4.38. The minimum atomic E-state index is 0.176. The summed E-state index contributed by atoms with van der Waals surface area (Å²) in [7, 11) is 0. The fraction of sp³-hybridized carbons (Fsp3) is 0.474. The van der Waals surface area contributed by atoms with Crippen molar-refractivity contribution in [3.63, 3.8) is 0 Å². The Kier molecular flexibility index (Phi) is 4.79. The molecule has 23 heavy (non-hydrogen) atoms. The molecule has 1 aromatic heterocycles. The molecule has 0 spiro atoms. The smallest absolute Gasteiger partial charge is 0.220 e. The second-order valence-corrected chi connectivity index (χ2v) is 6.40. The number of hydrogen-bond acceptors (Lipinski definition) is 3. The number of piperidine rings is 1. The number of pyridine rings is 1. The molecule has 1 aliphatic heterocycles. The second-order valence-electron chi connectivity index (χ2n) is 6.40. The Hall–Kier alpha value is -2.10. The minimum Gasteiger partial charge on any atom is -0.369 e. The van der Waals surface area contributed by atoms with Crippen molar-refractivity contribution in [1.82, 2.24) is 10.3 Å². The molecule has 1 unspecified atom stereocenters. The highest BCUT2D eigenvalue weighted by Gasteiger charge is 2.22. The van der Waals surface area contributed by atoms with Crippen molar-refractivity contribution in [2.24, 2.45) is 0 Å². The molecule has 1 saturated heterocycles. The van der Waals surface area contributed by atoms with Crippen LogP contribution >= 0.6 is 0 Å². The van der Waals surface area contributed by atoms with Gasteiger partial charge in [0.25, 0.3) is 0 Å². The van der Waals surface area contributed by atoms with Crippen LogP contribution in [-0.4, -0.2) is 30.0 Å². The van der Waals surface area contributed by atoms with Crippen LogP contribution < -0.4 is 10.2 Å².